The molecule has 1 heterocycles. The van der Waals surface area contributed by atoms with Crippen LogP contribution < -0.4 is 5.32 Å². The van der Waals surface area contributed by atoms with E-state index in [0.717, 1.165) is 0 Å². The van der Waals surface area contributed by atoms with Gasteiger partial charge in [-0.05, 0) is 40.0 Å². The Morgan fingerprint density at radius 1 is 1.35 bits per heavy atom. The first-order chi connectivity index (χ1) is 9.02. The molecule has 0 saturated carbocycles. The van der Waals surface area contributed by atoms with Crippen LogP contribution in [0.2, 0.25) is 0 Å². The van der Waals surface area contributed by atoms with Crippen molar-refractivity contribution < 1.29 is 14.3 Å². The van der Waals surface area contributed by atoms with E-state index in [9.17, 15) is 9.59 Å². The number of hydrogen-bond acceptors (Lipinski definition) is 3. The van der Waals surface area contributed by atoms with E-state index in [4.69, 9.17) is 4.74 Å². The molecule has 2 amide bonds. The zero-order valence-corrected chi connectivity index (χ0v) is 13.7. The lowest BCUT2D eigenvalue weighted by Gasteiger charge is -2.45. The Balaban J connectivity index is 2.95. The smallest absolute Gasteiger partial charge is 0.248 e. The second-order valence-corrected chi connectivity index (χ2v) is 7.02. The van der Waals surface area contributed by atoms with Crippen LogP contribution in [0.4, 0.5) is 0 Å². The van der Waals surface area contributed by atoms with Gasteiger partial charge in [0.1, 0.15) is 11.6 Å². The van der Waals surface area contributed by atoms with Gasteiger partial charge in [-0.3, -0.25) is 9.59 Å². The van der Waals surface area contributed by atoms with E-state index < -0.39 is 11.6 Å². The molecule has 0 aliphatic carbocycles. The molecule has 0 radical (unpaired) electrons. The fourth-order valence-electron chi connectivity index (χ4n) is 2.46. The molecule has 5 nitrogen and oxygen atoms in total. The molecule has 0 aromatic rings. The second kappa shape index (κ2) is 5.72. The average Bonchev–Trinajstić information content (AvgIpc) is 2.30. The summed E-state index contributed by atoms with van der Waals surface area (Å²) in [4.78, 5) is 26.6. The third kappa shape index (κ3) is 3.51. The van der Waals surface area contributed by atoms with Gasteiger partial charge >= 0.3 is 0 Å². The molecule has 20 heavy (non-hydrogen) atoms. The molecular weight excluding hydrogens is 256 g/mol. The summed E-state index contributed by atoms with van der Waals surface area (Å²) in [5, 5.41) is 2.82. The Morgan fingerprint density at radius 2 is 1.90 bits per heavy atom. The van der Waals surface area contributed by atoms with Gasteiger partial charge in [-0.1, -0.05) is 13.8 Å². The number of nitrogens with zero attached hydrogens (tertiary/aromatic N) is 1. The third-order valence-electron chi connectivity index (χ3n) is 3.97. The van der Waals surface area contributed by atoms with Crippen LogP contribution >= 0.6 is 0 Å². The minimum atomic E-state index is -0.834. The molecule has 1 fully saturated rings. The zero-order valence-electron chi connectivity index (χ0n) is 13.7. The summed E-state index contributed by atoms with van der Waals surface area (Å²) in [6.07, 6.45) is 0.696. The predicted molar refractivity (Wildman–Crippen MR) is 78.3 cm³/mol. The minimum absolute atomic E-state index is 0.0253. The molecule has 1 aliphatic rings. The number of rotatable bonds is 5. The highest BCUT2D eigenvalue weighted by molar-refractivity contribution is 5.99. The highest BCUT2D eigenvalue weighted by Gasteiger charge is 2.46. The first-order valence-corrected chi connectivity index (χ1v) is 7.20. The quantitative estimate of drug-likeness (QED) is 0.833. The van der Waals surface area contributed by atoms with Gasteiger partial charge in [0, 0.05) is 13.7 Å². The van der Waals surface area contributed by atoms with Crippen LogP contribution in [0.1, 0.15) is 48.0 Å². The SMILES string of the molecule is COC(C)(C)CCN1C(=O)C(C)(C)NC(=O)C1C(C)C. The summed E-state index contributed by atoms with van der Waals surface area (Å²) in [5.74, 6) is -0.0109. The van der Waals surface area contributed by atoms with Crippen molar-refractivity contribution in [3.8, 4) is 0 Å². The van der Waals surface area contributed by atoms with Gasteiger partial charge in [-0.2, -0.15) is 0 Å². The van der Waals surface area contributed by atoms with E-state index in [0.29, 0.717) is 13.0 Å². The molecular formula is C15H28N2O3. The van der Waals surface area contributed by atoms with Crippen molar-refractivity contribution in [2.45, 2.75) is 65.1 Å². The van der Waals surface area contributed by atoms with Gasteiger partial charge in [-0.15, -0.1) is 0 Å². The maximum atomic E-state index is 12.6. The van der Waals surface area contributed by atoms with Crippen LogP contribution in [0, 0.1) is 5.92 Å². The number of ether oxygens (including phenoxy) is 1. The highest BCUT2D eigenvalue weighted by Crippen LogP contribution is 2.24. The maximum Gasteiger partial charge on any atom is 0.248 e. The van der Waals surface area contributed by atoms with Gasteiger partial charge in [-0.25, -0.2) is 0 Å². The number of nitrogens with one attached hydrogen (secondary N) is 1. The maximum absolute atomic E-state index is 12.6. The Labute approximate surface area is 122 Å². The van der Waals surface area contributed by atoms with Crippen molar-refractivity contribution in [3.05, 3.63) is 0 Å². The first-order valence-electron chi connectivity index (χ1n) is 7.20. The van der Waals surface area contributed by atoms with Crippen molar-refractivity contribution in [2.75, 3.05) is 13.7 Å². The number of hydrogen-bond donors (Lipinski definition) is 1. The molecule has 1 atom stereocenters. The number of amides is 2. The van der Waals surface area contributed by atoms with Gasteiger partial charge in [0.05, 0.1) is 5.60 Å². The molecule has 5 heteroatoms. The summed E-state index contributed by atoms with van der Waals surface area (Å²) >= 11 is 0. The van der Waals surface area contributed by atoms with Crippen LogP contribution in [0.25, 0.3) is 0 Å². The molecule has 0 aromatic heterocycles. The molecule has 1 unspecified atom stereocenters. The topological polar surface area (TPSA) is 58.6 Å². The fraction of sp³-hybridized carbons (Fsp3) is 0.867. The molecule has 0 bridgehead atoms. The van der Waals surface area contributed by atoms with Crippen molar-refractivity contribution in [3.63, 3.8) is 0 Å². The van der Waals surface area contributed by atoms with Gasteiger partial charge in [0.15, 0.2) is 0 Å². The summed E-state index contributed by atoms with van der Waals surface area (Å²) in [6.45, 7) is 11.9. The number of carbonyl (C=O) groups excluding carboxylic acids is 2. The fourth-order valence-corrected chi connectivity index (χ4v) is 2.46. The Kier molecular flexibility index (Phi) is 4.85. The number of piperazine rings is 1. The standard InChI is InChI=1S/C15H28N2O3/c1-10(2)11-12(18)16-15(5,6)13(19)17(11)9-8-14(3,4)20-7/h10-11H,8-9H2,1-7H3,(H,16,18). The van der Waals surface area contributed by atoms with Gasteiger partial charge < -0.3 is 15.0 Å². The van der Waals surface area contributed by atoms with E-state index in [1.807, 2.05) is 27.7 Å². The van der Waals surface area contributed by atoms with Crippen LogP contribution in [0.3, 0.4) is 0 Å². The number of methoxy groups -OCH3 is 1. The van der Waals surface area contributed by atoms with Crippen LogP contribution in [0.15, 0.2) is 0 Å². The monoisotopic (exact) mass is 284 g/mol. The van der Waals surface area contributed by atoms with E-state index in [2.05, 4.69) is 5.32 Å². The first kappa shape index (κ1) is 17.0. The highest BCUT2D eigenvalue weighted by atomic mass is 16.5. The van der Waals surface area contributed by atoms with Crippen molar-refractivity contribution in [1.82, 2.24) is 10.2 Å². The molecule has 1 aliphatic heterocycles. The molecule has 1 rings (SSSR count). The van der Waals surface area contributed by atoms with E-state index >= 15 is 0 Å². The Morgan fingerprint density at radius 3 is 2.35 bits per heavy atom. The van der Waals surface area contributed by atoms with E-state index in [1.165, 1.54) is 0 Å². The molecule has 1 N–H and O–H groups in total. The zero-order chi connectivity index (χ0) is 15.7. The van der Waals surface area contributed by atoms with Crippen molar-refractivity contribution in [1.29, 1.82) is 0 Å². The predicted octanol–water partition coefficient (Wildman–Crippen LogP) is 1.56. The Bertz CT molecular complexity index is 389. The minimum Gasteiger partial charge on any atom is -0.379 e. The van der Waals surface area contributed by atoms with Crippen molar-refractivity contribution in [2.24, 2.45) is 5.92 Å². The summed E-state index contributed by atoms with van der Waals surface area (Å²) in [6, 6.07) is -0.400. The van der Waals surface area contributed by atoms with Crippen LogP contribution in [0.5, 0.6) is 0 Å². The van der Waals surface area contributed by atoms with E-state index in [1.54, 1.807) is 25.9 Å². The second-order valence-electron chi connectivity index (χ2n) is 7.02. The lowest BCUT2D eigenvalue weighted by molar-refractivity contribution is -0.156. The van der Waals surface area contributed by atoms with Crippen LogP contribution in [-0.4, -0.2) is 47.6 Å². The third-order valence-corrected chi connectivity index (χ3v) is 3.97. The Hall–Kier alpha value is -1.10. The number of carbonyl (C=O) groups is 2. The molecule has 1 saturated heterocycles. The average molecular weight is 284 g/mol. The lowest BCUT2D eigenvalue weighted by Crippen LogP contribution is -2.69. The van der Waals surface area contributed by atoms with Gasteiger partial charge in [0.25, 0.3) is 0 Å². The molecule has 0 aromatic carbocycles. The van der Waals surface area contributed by atoms with Crippen LogP contribution in [-0.2, 0) is 14.3 Å². The summed E-state index contributed by atoms with van der Waals surface area (Å²) in [7, 11) is 1.66. The molecule has 116 valence electrons. The largest absolute Gasteiger partial charge is 0.379 e. The summed E-state index contributed by atoms with van der Waals surface area (Å²) < 4.78 is 5.40. The van der Waals surface area contributed by atoms with Gasteiger partial charge in [0.2, 0.25) is 11.8 Å². The summed E-state index contributed by atoms with van der Waals surface area (Å²) in [5.41, 5.74) is -1.14. The lowest BCUT2D eigenvalue weighted by atomic mass is 9.90. The normalized spacial score (nSPS) is 23.2. The van der Waals surface area contributed by atoms with E-state index in [-0.39, 0.29) is 23.3 Å². The molecule has 0 spiro atoms. The van der Waals surface area contributed by atoms with Crippen molar-refractivity contribution >= 4 is 11.8 Å².